The highest BCUT2D eigenvalue weighted by Crippen LogP contribution is 2.17. The van der Waals surface area contributed by atoms with Gasteiger partial charge in [0, 0.05) is 18.7 Å². The average Bonchev–Trinajstić information content (AvgIpc) is 2.26. The maximum atomic E-state index is 10.5. The number of hydrogen-bond donors (Lipinski definition) is 1. The molecule has 0 fully saturated rings. The van der Waals surface area contributed by atoms with Crippen molar-refractivity contribution in [1.29, 1.82) is 0 Å². The zero-order chi connectivity index (χ0) is 10.4. The second kappa shape index (κ2) is 5.43. The van der Waals surface area contributed by atoms with Gasteiger partial charge in [0.15, 0.2) is 0 Å². The summed E-state index contributed by atoms with van der Waals surface area (Å²) in [4.78, 5) is 10.5. The van der Waals surface area contributed by atoms with Crippen molar-refractivity contribution in [2.45, 2.75) is 19.8 Å². The SMILES string of the molecule is CNc1ccccc1CCC(C)C=O. The van der Waals surface area contributed by atoms with Crippen molar-refractivity contribution in [2.24, 2.45) is 5.92 Å². The van der Waals surface area contributed by atoms with E-state index in [-0.39, 0.29) is 5.92 Å². The van der Waals surface area contributed by atoms with Crippen molar-refractivity contribution < 1.29 is 4.79 Å². The standard InChI is InChI=1S/C12H17NO/c1-10(9-14)7-8-11-5-3-4-6-12(11)13-2/h3-6,9-10,13H,7-8H2,1-2H3. The summed E-state index contributed by atoms with van der Waals surface area (Å²) in [5, 5.41) is 3.15. The molecule has 76 valence electrons. The van der Waals surface area contributed by atoms with Crippen LogP contribution in [0.1, 0.15) is 18.9 Å². The first-order valence-corrected chi connectivity index (χ1v) is 4.99. The third kappa shape index (κ3) is 2.87. The Morgan fingerprint density at radius 2 is 2.14 bits per heavy atom. The van der Waals surface area contributed by atoms with Gasteiger partial charge in [-0.15, -0.1) is 0 Å². The molecule has 0 heterocycles. The monoisotopic (exact) mass is 191 g/mol. The maximum Gasteiger partial charge on any atom is 0.122 e. The first-order valence-electron chi connectivity index (χ1n) is 4.99. The largest absolute Gasteiger partial charge is 0.388 e. The third-order valence-corrected chi connectivity index (χ3v) is 2.39. The highest BCUT2D eigenvalue weighted by Gasteiger charge is 2.03. The molecule has 1 unspecified atom stereocenters. The van der Waals surface area contributed by atoms with Crippen LogP contribution in [0.5, 0.6) is 0 Å². The summed E-state index contributed by atoms with van der Waals surface area (Å²) in [7, 11) is 1.92. The molecule has 2 nitrogen and oxygen atoms in total. The van der Waals surface area contributed by atoms with Gasteiger partial charge in [-0.2, -0.15) is 0 Å². The lowest BCUT2D eigenvalue weighted by atomic mass is 10.0. The van der Waals surface area contributed by atoms with Crippen LogP contribution in [0.15, 0.2) is 24.3 Å². The van der Waals surface area contributed by atoms with E-state index in [1.165, 1.54) is 5.56 Å². The maximum absolute atomic E-state index is 10.5. The van der Waals surface area contributed by atoms with Gasteiger partial charge in [-0.3, -0.25) is 0 Å². The fourth-order valence-electron chi connectivity index (χ4n) is 1.43. The van der Waals surface area contributed by atoms with Gasteiger partial charge in [0.1, 0.15) is 6.29 Å². The lowest BCUT2D eigenvalue weighted by molar-refractivity contribution is -0.110. The van der Waals surface area contributed by atoms with E-state index in [0.29, 0.717) is 0 Å². The van der Waals surface area contributed by atoms with Crippen molar-refractivity contribution in [1.82, 2.24) is 0 Å². The highest BCUT2D eigenvalue weighted by molar-refractivity contribution is 5.54. The van der Waals surface area contributed by atoms with Gasteiger partial charge < -0.3 is 10.1 Å². The van der Waals surface area contributed by atoms with Crippen molar-refractivity contribution in [2.75, 3.05) is 12.4 Å². The highest BCUT2D eigenvalue weighted by atomic mass is 16.1. The number of nitrogens with one attached hydrogen (secondary N) is 1. The molecule has 0 saturated carbocycles. The summed E-state index contributed by atoms with van der Waals surface area (Å²) in [6.45, 7) is 1.95. The predicted molar refractivity (Wildman–Crippen MR) is 59.5 cm³/mol. The Balaban J connectivity index is 2.61. The molecule has 0 saturated heterocycles. The van der Waals surface area contributed by atoms with Crippen LogP contribution in [0.4, 0.5) is 5.69 Å². The van der Waals surface area contributed by atoms with Gasteiger partial charge in [-0.05, 0) is 24.5 Å². The number of anilines is 1. The van der Waals surface area contributed by atoms with Gasteiger partial charge in [0.25, 0.3) is 0 Å². The van der Waals surface area contributed by atoms with Crippen LogP contribution in [0.3, 0.4) is 0 Å². The summed E-state index contributed by atoms with van der Waals surface area (Å²) in [5.74, 6) is 0.153. The first-order chi connectivity index (χ1) is 6.77. The fraction of sp³-hybridized carbons (Fsp3) is 0.417. The average molecular weight is 191 g/mol. The summed E-state index contributed by atoms with van der Waals surface area (Å²) in [6, 6.07) is 8.20. The molecule has 1 atom stereocenters. The van der Waals surface area contributed by atoms with Crippen molar-refractivity contribution >= 4 is 12.0 Å². The number of aldehydes is 1. The van der Waals surface area contributed by atoms with E-state index >= 15 is 0 Å². The molecular formula is C12H17NO. The number of benzene rings is 1. The predicted octanol–water partition coefficient (Wildman–Crippen LogP) is 2.50. The molecule has 1 aromatic carbocycles. The molecule has 0 radical (unpaired) electrons. The van der Waals surface area contributed by atoms with Crippen LogP contribution in [0, 0.1) is 5.92 Å². The molecule has 0 spiro atoms. The Bertz CT molecular complexity index is 296. The van der Waals surface area contributed by atoms with E-state index < -0.39 is 0 Å². The minimum Gasteiger partial charge on any atom is -0.388 e. The molecule has 2 heteroatoms. The molecular weight excluding hydrogens is 174 g/mol. The van der Waals surface area contributed by atoms with Gasteiger partial charge in [0.05, 0.1) is 0 Å². The van der Waals surface area contributed by atoms with Crippen LogP contribution in [-0.2, 0) is 11.2 Å². The quantitative estimate of drug-likeness (QED) is 0.724. The number of para-hydroxylation sites is 1. The topological polar surface area (TPSA) is 29.1 Å². The van der Waals surface area contributed by atoms with Gasteiger partial charge in [0.2, 0.25) is 0 Å². The second-order valence-corrected chi connectivity index (χ2v) is 3.56. The Labute approximate surface area is 85.3 Å². The normalized spacial score (nSPS) is 12.1. The smallest absolute Gasteiger partial charge is 0.122 e. The molecule has 14 heavy (non-hydrogen) atoms. The van der Waals surface area contributed by atoms with E-state index in [1.807, 2.05) is 26.1 Å². The summed E-state index contributed by atoms with van der Waals surface area (Å²) < 4.78 is 0. The van der Waals surface area contributed by atoms with Gasteiger partial charge >= 0.3 is 0 Å². The van der Waals surface area contributed by atoms with Crippen LogP contribution in [0.2, 0.25) is 0 Å². The molecule has 1 aromatic rings. The number of rotatable bonds is 5. The third-order valence-electron chi connectivity index (χ3n) is 2.39. The second-order valence-electron chi connectivity index (χ2n) is 3.56. The lowest BCUT2D eigenvalue weighted by Gasteiger charge is -2.09. The Morgan fingerprint density at radius 1 is 1.43 bits per heavy atom. The van der Waals surface area contributed by atoms with Crippen LogP contribution < -0.4 is 5.32 Å². The Hall–Kier alpha value is -1.31. The van der Waals surface area contributed by atoms with E-state index in [1.54, 1.807) is 0 Å². The Kier molecular flexibility index (Phi) is 4.17. The minimum atomic E-state index is 0.153. The van der Waals surface area contributed by atoms with Crippen molar-refractivity contribution in [3.8, 4) is 0 Å². The van der Waals surface area contributed by atoms with Crippen LogP contribution in [0.25, 0.3) is 0 Å². The summed E-state index contributed by atoms with van der Waals surface area (Å²) >= 11 is 0. The van der Waals surface area contributed by atoms with Crippen LogP contribution >= 0.6 is 0 Å². The zero-order valence-electron chi connectivity index (χ0n) is 8.79. The molecule has 0 amide bonds. The number of carbonyl (C=O) groups excluding carboxylic acids is 1. The van der Waals surface area contributed by atoms with Gasteiger partial charge in [-0.25, -0.2) is 0 Å². The molecule has 0 aromatic heterocycles. The van der Waals surface area contributed by atoms with Crippen LogP contribution in [-0.4, -0.2) is 13.3 Å². The summed E-state index contributed by atoms with van der Waals surface area (Å²) in [6.07, 6.45) is 2.89. The Morgan fingerprint density at radius 3 is 2.79 bits per heavy atom. The van der Waals surface area contributed by atoms with Gasteiger partial charge in [-0.1, -0.05) is 25.1 Å². The summed E-state index contributed by atoms with van der Waals surface area (Å²) in [5.41, 5.74) is 2.44. The lowest BCUT2D eigenvalue weighted by Crippen LogP contribution is -2.00. The van der Waals surface area contributed by atoms with E-state index in [0.717, 1.165) is 24.8 Å². The molecule has 1 rings (SSSR count). The first kappa shape index (κ1) is 10.8. The molecule has 1 N–H and O–H groups in total. The minimum absolute atomic E-state index is 0.153. The fourth-order valence-corrected chi connectivity index (χ4v) is 1.43. The number of aryl methyl sites for hydroxylation is 1. The molecule has 0 bridgehead atoms. The van der Waals surface area contributed by atoms with Crippen molar-refractivity contribution in [3.05, 3.63) is 29.8 Å². The number of carbonyl (C=O) groups is 1. The van der Waals surface area contributed by atoms with E-state index in [9.17, 15) is 4.79 Å². The molecule has 0 aliphatic carbocycles. The van der Waals surface area contributed by atoms with E-state index in [4.69, 9.17) is 0 Å². The molecule has 0 aliphatic heterocycles. The zero-order valence-corrected chi connectivity index (χ0v) is 8.79. The van der Waals surface area contributed by atoms with Crippen molar-refractivity contribution in [3.63, 3.8) is 0 Å². The number of hydrogen-bond acceptors (Lipinski definition) is 2. The molecule has 0 aliphatic rings. The van der Waals surface area contributed by atoms with E-state index in [2.05, 4.69) is 17.4 Å².